The van der Waals surface area contributed by atoms with E-state index >= 15 is 0 Å². The highest BCUT2D eigenvalue weighted by Gasteiger charge is 2.23. The predicted molar refractivity (Wildman–Crippen MR) is 132 cm³/mol. The topological polar surface area (TPSA) is 70.4 Å². The Morgan fingerprint density at radius 3 is 2.71 bits per heavy atom. The van der Waals surface area contributed by atoms with Crippen LogP contribution in [0.25, 0.3) is 0 Å². The molecule has 0 spiro atoms. The number of guanidine groups is 1. The van der Waals surface area contributed by atoms with E-state index in [4.69, 9.17) is 4.74 Å². The second-order valence-corrected chi connectivity index (χ2v) is 8.61. The van der Waals surface area contributed by atoms with Crippen LogP contribution in [0.2, 0.25) is 0 Å². The maximum Gasteiger partial charge on any atom is 0.195 e. The average molecular weight is 436 g/mol. The molecule has 0 atom stereocenters. The maximum atomic E-state index is 5.97. The fraction of sp³-hybridized carbons (Fsp3) is 0.375. The Labute approximate surface area is 188 Å². The number of amidine groups is 1. The standard InChI is InChI=1S/C24H29N5OS/c1-16-14-22(17(2)13-21(16)28-24-26-11-4-12-27-24)30-15-31-29-23(25-3)20-9-7-19(8-10-20)18-5-6-18/h7-10,13-14,18H,3-6,11-12,15H2,1-2H3,(H2,26,27,28)/b29-23-. The first kappa shape index (κ1) is 21.4. The lowest BCUT2D eigenvalue weighted by atomic mass is 10.1. The third-order valence-electron chi connectivity index (χ3n) is 5.46. The Kier molecular flexibility index (Phi) is 6.92. The molecule has 162 valence electrons. The Morgan fingerprint density at radius 2 is 2.03 bits per heavy atom. The number of nitrogens with zero attached hydrogens (tertiary/aromatic N) is 3. The van der Waals surface area contributed by atoms with Gasteiger partial charge in [-0.1, -0.05) is 24.3 Å². The van der Waals surface area contributed by atoms with E-state index in [0.29, 0.717) is 11.8 Å². The van der Waals surface area contributed by atoms with Crippen molar-refractivity contribution >= 4 is 36.1 Å². The van der Waals surface area contributed by atoms with Crippen LogP contribution in [0, 0.1) is 13.8 Å². The summed E-state index contributed by atoms with van der Waals surface area (Å²) in [6.07, 6.45) is 3.68. The number of anilines is 1. The molecule has 0 radical (unpaired) electrons. The van der Waals surface area contributed by atoms with Crippen LogP contribution >= 0.6 is 11.9 Å². The van der Waals surface area contributed by atoms with Gasteiger partial charge in [0.15, 0.2) is 17.7 Å². The van der Waals surface area contributed by atoms with Crippen molar-refractivity contribution in [1.82, 2.24) is 5.32 Å². The fourth-order valence-electron chi connectivity index (χ4n) is 3.49. The molecule has 2 aromatic carbocycles. The molecule has 2 aromatic rings. The van der Waals surface area contributed by atoms with E-state index in [1.807, 2.05) is 6.92 Å². The molecule has 1 heterocycles. The average Bonchev–Trinajstić information content (AvgIpc) is 3.63. The molecule has 0 bridgehead atoms. The van der Waals surface area contributed by atoms with Gasteiger partial charge in [0.1, 0.15) is 5.75 Å². The third kappa shape index (κ3) is 5.67. The van der Waals surface area contributed by atoms with Gasteiger partial charge in [-0.15, -0.1) is 0 Å². The van der Waals surface area contributed by atoms with Crippen molar-refractivity contribution in [2.45, 2.75) is 39.0 Å². The van der Waals surface area contributed by atoms with Crippen molar-refractivity contribution in [3.8, 4) is 5.75 Å². The molecular weight excluding hydrogens is 406 g/mol. The largest absolute Gasteiger partial charge is 0.481 e. The van der Waals surface area contributed by atoms with Crippen LogP contribution in [-0.2, 0) is 0 Å². The summed E-state index contributed by atoms with van der Waals surface area (Å²) in [4.78, 5) is 8.57. The summed E-state index contributed by atoms with van der Waals surface area (Å²) in [6, 6.07) is 12.6. The van der Waals surface area contributed by atoms with E-state index in [1.165, 1.54) is 30.4 Å². The molecule has 1 fully saturated rings. The van der Waals surface area contributed by atoms with Gasteiger partial charge in [-0.05, 0) is 74.6 Å². The number of aliphatic imine (C=N–C) groups is 2. The summed E-state index contributed by atoms with van der Waals surface area (Å²) in [6.45, 7) is 9.59. The predicted octanol–water partition coefficient (Wildman–Crippen LogP) is 5.07. The number of hydrogen-bond donors (Lipinski definition) is 2. The normalized spacial score (nSPS) is 16.3. The van der Waals surface area contributed by atoms with Crippen molar-refractivity contribution in [2.24, 2.45) is 14.4 Å². The van der Waals surface area contributed by atoms with E-state index in [0.717, 1.165) is 59.5 Å². The zero-order valence-electron chi connectivity index (χ0n) is 18.1. The van der Waals surface area contributed by atoms with Gasteiger partial charge in [0.2, 0.25) is 0 Å². The van der Waals surface area contributed by atoms with Gasteiger partial charge in [-0.25, -0.2) is 4.99 Å². The van der Waals surface area contributed by atoms with Gasteiger partial charge < -0.3 is 15.4 Å². The van der Waals surface area contributed by atoms with Crippen LogP contribution in [0.3, 0.4) is 0 Å². The first-order valence-corrected chi connectivity index (χ1v) is 11.6. The van der Waals surface area contributed by atoms with Gasteiger partial charge in [0.25, 0.3) is 0 Å². The lowest BCUT2D eigenvalue weighted by molar-refractivity contribution is 0.390. The van der Waals surface area contributed by atoms with E-state index in [-0.39, 0.29) is 0 Å². The van der Waals surface area contributed by atoms with Crippen LogP contribution in [0.5, 0.6) is 5.75 Å². The molecule has 0 amide bonds. The zero-order chi connectivity index (χ0) is 21.6. The van der Waals surface area contributed by atoms with Crippen molar-refractivity contribution in [3.63, 3.8) is 0 Å². The van der Waals surface area contributed by atoms with Gasteiger partial charge in [-0.2, -0.15) is 4.40 Å². The molecule has 1 aliphatic carbocycles. The minimum Gasteiger partial charge on any atom is -0.481 e. The SMILES string of the molecule is C=N/C(=N\SCOc1cc(C)c(NC2=NCCCN2)cc1C)c1ccc(C2CC2)cc1. The molecule has 1 saturated carbocycles. The fourth-order valence-corrected chi connectivity index (χ4v) is 4.01. The highest BCUT2D eigenvalue weighted by atomic mass is 32.2. The van der Waals surface area contributed by atoms with E-state index in [9.17, 15) is 0 Å². The Hall–Kier alpha value is -2.80. The molecule has 6 nitrogen and oxygen atoms in total. The van der Waals surface area contributed by atoms with Crippen molar-refractivity contribution in [1.29, 1.82) is 0 Å². The Morgan fingerprint density at radius 1 is 1.23 bits per heavy atom. The number of hydrogen-bond acceptors (Lipinski definition) is 6. The summed E-state index contributed by atoms with van der Waals surface area (Å²) < 4.78 is 10.5. The van der Waals surface area contributed by atoms with E-state index in [2.05, 4.69) is 75.1 Å². The summed E-state index contributed by atoms with van der Waals surface area (Å²) >= 11 is 1.33. The summed E-state index contributed by atoms with van der Waals surface area (Å²) in [5.41, 5.74) is 5.59. The highest BCUT2D eigenvalue weighted by Crippen LogP contribution is 2.40. The quantitative estimate of drug-likeness (QED) is 0.209. The third-order valence-corrected chi connectivity index (χ3v) is 5.98. The second-order valence-electron chi connectivity index (χ2n) is 7.93. The zero-order valence-corrected chi connectivity index (χ0v) is 19.0. The first-order chi connectivity index (χ1) is 15.1. The molecule has 4 rings (SSSR count). The highest BCUT2D eigenvalue weighted by molar-refractivity contribution is 7.98. The molecular formula is C24H29N5OS. The maximum absolute atomic E-state index is 5.97. The van der Waals surface area contributed by atoms with Crippen molar-refractivity contribution < 1.29 is 4.74 Å². The lowest BCUT2D eigenvalue weighted by Gasteiger charge is -2.18. The summed E-state index contributed by atoms with van der Waals surface area (Å²) in [5.74, 6) is 3.46. The molecule has 0 unspecified atom stereocenters. The monoisotopic (exact) mass is 435 g/mol. The number of ether oxygens (including phenoxy) is 1. The van der Waals surface area contributed by atoms with Gasteiger partial charge in [0.05, 0.1) is 0 Å². The molecule has 2 N–H and O–H groups in total. The molecule has 0 saturated heterocycles. The van der Waals surface area contributed by atoms with Crippen LogP contribution < -0.4 is 15.4 Å². The van der Waals surface area contributed by atoms with Gasteiger partial charge in [0, 0.05) is 36.3 Å². The molecule has 0 aromatic heterocycles. The van der Waals surface area contributed by atoms with Crippen LogP contribution in [0.4, 0.5) is 5.69 Å². The second kappa shape index (κ2) is 10.0. The Balaban J connectivity index is 1.34. The summed E-state index contributed by atoms with van der Waals surface area (Å²) in [7, 11) is 0. The van der Waals surface area contributed by atoms with Gasteiger partial charge >= 0.3 is 0 Å². The van der Waals surface area contributed by atoms with Crippen molar-refractivity contribution in [3.05, 3.63) is 58.7 Å². The van der Waals surface area contributed by atoms with Crippen LogP contribution in [0.1, 0.15) is 47.4 Å². The lowest BCUT2D eigenvalue weighted by Crippen LogP contribution is -2.35. The number of aryl methyl sites for hydroxylation is 2. The molecule has 2 aliphatic rings. The smallest absolute Gasteiger partial charge is 0.195 e. The van der Waals surface area contributed by atoms with Crippen LogP contribution in [-0.4, -0.2) is 37.5 Å². The number of nitrogens with one attached hydrogen (secondary N) is 2. The number of rotatable bonds is 7. The molecule has 7 heteroatoms. The van der Waals surface area contributed by atoms with Crippen molar-refractivity contribution in [2.75, 3.05) is 24.3 Å². The number of benzene rings is 2. The van der Waals surface area contributed by atoms with E-state index in [1.54, 1.807) is 0 Å². The minimum atomic E-state index is 0.403. The van der Waals surface area contributed by atoms with Gasteiger partial charge in [-0.3, -0.25) is 4.99 Å². The first-order valence-electron chi connectivity index (χ1n) is 10.7. The molecule has 1 aliphatic heterocycles. The van der Waals surface area contributed by atoms with E-state index < -0.39 is 0 Å². The summed E-state index contributed by atoms with van der Waals surface area (Å²) in [5, 5.41) is 6.66. The Bertz CT molecular complexity index is 996. The van der Waals surface area contributed by atoms with Crippen LogP contribution in [0.15, 0.2) is 50.8 Å². The molecule has 31 heavy (non-hydrogen) atoms. The minimum absolute atomic E-state index is 0.403.